The summed E-state index contributed by atoms with van der Waals surface area (Å²) in [5.74, 6) is 5.32. The standard InChI is InChI=1S/C9H14N2/c1-3-8-5-4-7(2)9(6-8)11-10/h4-6,11H,3,10H2,1-2H3. The molecule has 1 rings (SSSR count). The fourth-order valence-corrected chi connectivity index (χ4v) is 1.04. The molecule has 0 spiro atoms. The van der Waals surface area contributed by atoms with Crippen LogP contribution in [0.2, 0.25) is 0 Å². The van der Waals surface area contributed by atoms with Gasteiger partial charge in [0, 0.05) is 0 Å². The lowest BCUT2D eigenvalue weighted by Gasteiger charge is -2.05. The molecule has 0 amide bonds. The maximum atomic E-state index is 5.32. The third kappa shape index (κ3) is 1.71. The molecular formula is C9H14N2. The predicted molar refractivity (Wildman–Crippen MR) is 48.4 cm³/mol. The fraction of sp³-hybridized carbons (Fsp3) is 0.333. The van der Waals surface area contributed by atoms with Gasteiger partial charge in [0.25, 0.3) is 0 Å². The van der Waals surface area contributed by atoms with Gasteiger partial charge >= 0.3 is 0 Å². The summed E-state index contributed by atoms with van der Waals surface area (Å²) < 4.78 is 0. The van der Waals surface area contributed by atoms with Crippen LogP contribution in [0.25, 0.3) is 0 Å². The zero-order valence-corrected chi connectivity index (χ0v) is 7.02. The average molecular weight is 150 g/mol. The van der Waals surface area contributed by atoms with E-state index < -0.39 is 0 Å². The number of nitrogens with two attached hydrogens (primary N) is 1. The quantitative estimate of drug-likeness (QED) is 0.498. The monoisotopic (exact) mass is 150 g/mol. The summed E-state index contributed by atoms with van der Waals surface area (Å²) in [6.07, 6.45) is 1.05. The lowest BCUT2D eigenvalue weighted by Crippen LogP contribution is -2.08. The summed E-state index contributed by atoms with van der Waals surface area (Å²) in [6, 6.07) is 6.28. The first-order valence-corrected chi connectivity index (χ1v) is 3.84. The topological polar surface area (TPSA) is 38.0 Å². The molecule has 1 aromatic carbocycles. The van der Waals surface area contributed by atoms with Crippen LogP contribution in [0.15, 0.2) is 18.2 Å². The number of nitrogens with one attached hydrogen (secondary N) is 1. The van der Waals surface area contributed by atoms with E-state index in [0.717, 1.165) is 12.1 Å². The Morgan fingerprint density at radius 2 is 2.18 bits per heavy atom. The minimum Gasteiger partial charge on any atom is -0.324 e. The number of aryl methyl sites for hydroxylation is 2. The van der Waals surface area contributed by atoms with Gasteiger partial charge in [-0.1, -0.05) is 19.1 Å². The first kappa shape index (κ1) is 8.08. The Morgan fingerprint density at radius 3 is 2.73 bits per heavy atom. The van der Waals surface area contributed by atoms with Crippen molar-refractivity contribution in [3.8, 4) is 0 Å². The van der Waals surface area contributed by atoms with E-state index in [0.29, 0.717) is 0 Å². The summed E-state index contributed by atoms with van der Waals surface area (Å²) in [5.41, 5.74) is 6.18. The average Bonchev–Trinajstić information content (AvgIpc) is 2.05. The second-order valence-electron chi connectivity index (χ2n) is 2.65. The van der Waals surface area contributed by atoms with Crippen LogP contribution in [-0.2, 0) is 6.42 Å². The number of benzene rings is 1. The van der Waals surface area contributed by atoms with Crippen LogP contribution < -0.4 is 11.3 Å². The van der Waals surface area contributed by atoms with Crippen molar-refractivity contribution < 1.29 is 0 Å². The van der Waals surface area contributed by atoms with Gasteiger partial charge in [0.2, 0.25) is 0 Å². The molecule has 0 saturated carbocycles. The lowest BCUT2D eigenvalue weighted by atomic mass is 10.1. The minimum absolute atomic E-state index is 1.02. The van der Waals surface area contributed by atoms with E-state index in [1.54, 1.807) is 0 Å². The third-order valence-electron chi connectivity index (χ3n) is 1.87. The molecule has 0 atom stereocenters. The molecule has 0 saturated heterocycles. The molecule has 3 N–H and O–H groups in total. The van der Waals surface area contributed by atoms with Crippen molar-refractivity contribution in [2.45, 2.75) is 20.3 Å². The minimum atomic E-state index is 1.02. The molecule has 60 valence electrons. The van der Waals surface area contributed by atoms with E-state index in [1.165, 1.54) is 11.1 Å². The first-order chi connectivity index (χ1) is 5.27. The fourth-order valence-electron chi connectivity index (χ4n) is 1.04. The molecular weight excluding hydrogens is 136 g/mol. The van der Waals surface area contributed by atoms with Crippen molar-refractivity contribution in [1.29, 1.82) is 0 Å². The zero-order valence-electron chi connectivity index (χ0n) is 7.02. The molecule has 0 radical (unpaired) electrons. The van der Waals surface area contributed by atoms with Gasteiger partial charge in [-0.15, -0.1) is 0 Å². The highest BCUT2D eigenvalue weighted by atomic mass is 15.2. The molecule has 11 heavy (non-hydrogen) atoms. The van der Waals surface area contributed by atoms with E-state index >= 15 is 0 Å². The highest BCUT2D eigenvalue weighted by molar-refractivity contribution is 5.51. The van der Waals surface area contributed by atoms with Gasteiger partial charge < -0.3 is 5.43 Å². The lowest BCUT2D eigenvalue weighted by molar-refractivity contribution is 1.13. The Bertz CT molecular complexity index is 243. The predicted octanol–water partition coefficient (Wildman–Crippen LogP) is 1.84. The second-order valence-corrected chi connectivity index (χ2v) is 2.65. The number of hydrogen-bond donors (Lipinski definition) is 2. The maximum Gasteiger partial charge on any atom is 0.0516 e. The first-order valence-electron chi connectivity index (χ1n) is 3.84. The molecule has 0 aliphatic rings. The van der Waals surface area contributed by atoms with Crippen molar-refractivity contribution >= 4 is 5.69 Å². The Kier molecular flexibility index (Phi) is 2.49. The summed E-state index contributed by atoms with van der Waals surface area (Å²) in [6.45, 7) is 4.17. The van der Waals surface area contributed by atoms with Gasteiger partial charge in [-0.3, -0.25) is 5.84 Å². The Balaban J connectivity index is 3.02. The van der Waals surface area contributed by atoms with Crippen LogP contribution in [0.4, 0.5) is 5.69 Å². The van der Waals surface area contributed by atoms with E-state index in [1.807, 2.05) is 6.92 Å². The number of anilines is 1. The van der Waals surface area contributed by atoms with Crippen LogP contribution >= 0.6 is 0 Å². The highest BCUT2D eigenvalue weighted by Gasteiger charge is 1.95. The molecule has 2 heteroatoms. The molecule has 0 heterocycles. The van der Waals surface area contributed by atoms with Crippen molar-refractivity contribution in [1.82, 2.24) is 0 Å². The van der Waals surface area contributed by atoms with Gasteiger partial charge in [-0.25, -0.2) is 0 Å². The highest BCUT2D eigenvalue weighted by Crippen LogP contribution is 2.15. The SMILES string of the molecule is CCc1ccc(C)c(NN)c1. The van der Waals surface area contributed by atoms with Crippen molar-refractivity contribution in [3.05, 3.63) is 29.3 Å². The molecule has 0 fully saturated rings. The molecule has 0 aliphatic heterocycles. The van der Waals surface area contributed by atoms with Gasteiger partial charge in [-0.2, -0.15) is 0 Å². The summed E-state index contributed by atoms with van der Waals surface area (Å²) in [4.78, 5) is 0. The molecule has 0 aliphatic carbocycles. The van der Waals surface area contributed by atoms with Crippen LogP contribution in [0.5, 0.6) is 0 Å². The van der Waals surface area contributed by atoms with Crippen molar-refractivity contribution in [3.63, 3.8) is 0 Å². The number of nitrogen functional groups attached to an aromatic ring is 1. The largest absolute Gasteiger partial charge is 0.324 e. The summed E-state index contributed by atoms with van der Waals surface area (Å²) in [7, 11) is 0. The van der Waals surface area contributed by atoms with E-state index in [9.17, 15) is 0 Å². The molecule has 2 nitrogen and oxygen atoms in total. The van der Waals surface area contributed by atoms with Crippen LogP contribution in [0, 0.1) is 6.92 Å². The Labute approximate surface area is 67.4 Å². The number of hydrazine groups is 1. The van der Waals surface area contributed by atoms with E-state index in [-0.39, 0.29) is 0 Å². The second kappa shape index (κ2) is 3.39. The molecule has 0 bridgehead atoms. The smallest absolute Gasteiger partial charge is 0.0516 e. The normalized spacial score (nSPS) is 9.73. The third-order valence-corrected chi connectivity index (χ3v) is 1.87. The zero-order chi connectivity index (χ0) is 8.27. The van der Waals surface area contributed by atoms with Crippen molar-refractivity contribution in [2.24, 2.45) is 5.84 Å². The van der Waals surface area contributed by atoms with E-state index in [4.69, 9.17) is 5.84 Å². The van der Waals surface area contributed by atoms with E-state index in [2.05, 4.69) is 30.5 Å². The van der Waals surface area contributed by atoms with Gasteiger partial charge in [0.1, 0.15) is 0 Å². The summed E-state index contributed by atoms with van der Waals surface area (Å²) >= 11 is 0. The van der Waals surface area contributed by atoms with Crippen LogP contribution in [-0.4, -0.2) is 0 Å². The molecule has 0 unspecified atom stereocenters. The maximum absolute atomic E-state index is 5.32. The van der Waals surface area contributed by atoms with Gasteiger partial charge in [-0.05, 0) is 30.5 Å². The summed E-state index contributed by atoms with van der Waals surface area (Å²) in [5, 5.41) is 0. The Morgan fingerprint density at radius 1 is 1.45 bits per heavy atom. The van der Waals surface area contributed by atoms with Crippen molar-refractivity contribution in [2.75, 3.05) is 5.43 Å². The van der Waals surface area contributed by atoms with Crippen LogP contribution in [0.1, 0.15) is 18.1 Å². The van der Waals surface area contributed by atoms with Gasteiger partial charge in [0.05, 0.1) is 5.69 Å². The Hall–Kier alpha value is -1.02. The molecule has 0 aromatic heterocycles. The van der Waals surface area contributed by atoms with Gasteiger partial charge in [0.15, 0.2) is 0 Å². The molecule has 1 aromatic rings. The van der Waals surface area contributed by atoms with Crippen LogP contribution in [0.3, 0.4) is 0 Å². The number of hydrogen-bond acceptors (Lipinski definition) is 2. The number of rotatable bonds is 2.